The molecule has 0 aliphatic rings. The van der Waals surface area contributed by atoms with E-state index in [4.69, 9.17) is 28.3 Å². The van der Waals surface area contributed by atoms with Gasteiger partial charge in [0.05, 0.1) is 10.0 Å². The number of para-hydroxylation sites is 1. The van der Waals surface area contributed by atoms with Gasteiger partial charge in [-0.3, -0.25) is 4.98 Å². The zero-order valence-corrected chi connectivity index (χ0v) is 9.66. The van der Waals surface area contributed by atoms with Crippen molar-refractivity contribution in [3.63, 3.8) is 0 Å². The molecule has 88 valence electrons. The van der Waals surface area contributed by atoms with Crippen LogP contribution in [0.1, 0.15) is 10.6 Å². The lowest BCUT2D eigenvalue weighted by atomic mass is 10.3. The minimum absolute atomic E-state index is 0.143. The van der Waals surface area contributed by atoms with Crippen molar-refractivity contribution in [1.29, 1.82) is 0 Å². The van der Waals surface area contributed by atoms with Gasteiger partial charge in [0, 0.05) is 0 Å². The summed E-state index contributed by atoms with van der Waals surface area (Å²) in [5, 5.41) is 12.7. The minimum atomic E-state index is -1.34. The van der Waals surface area contributed by atoms with Gasteiger partial charge < -0.3 is 5.11 Å². The number of aromatic amines is 1. The second kappa shape index (κ2) is 4.23. The van der Waals surface area contributed by atoms with Crippen molar-refractivity contribution in [2.24, 2.45) is 0 Å². The Morgan fingerprint density at radius 2 is 1.94 bits per heavy atom. The molecule has 0 fully saturated rings. The molecule has 0 saturated heterocycles. The number of aromatic carboxylic acids is 1. The second-order valence-corrected chi connectivity index (χ2v) is 3.88. The lowest BCUT2D eigenvalue weighted by molar-refractivity contribution is 0.0683. The van der Waals surface area contributed by atoms with E-state index in [1.54, 1.807) is 6.07 Å². The van der Waals surface area contributed by atoms with Gasteiger partial charge in [-0.05, 0) is 12.1 Å². The Kier molecular flexibility index (Phi) is 2.91. The summed E-state index contributed by atoms with van der Waals surface area (Å²) in [6.45, 7) is 0. The number of rotatable bonds is 2. The number of benzene rings is 1. The van der Waals surface area contributed by atoms with Gasteiger partial charge in [0.15, 0.2) is 0 Å². The summed E-state index contributed by atoms with van der Waals surface area (Å²) in [7, 11) is 0. The Balaban J connectivity index is 2.69. The van der Waals surface area contributed by atoms with Crippen LogP contribution in [0.5, 0.6) is 0 Å². The highest BCUT2D eigenvalue weighted by Gasteiger charge is 2.16. The molecule has 2 rings (SSSR count). The van der Waals surface area contributed by atoms with Gasteiger partial charge in [0.25, 0.3) is 0 Å². The van der Waals surface area contributed by atoms with Crippen LogP contribution in [-0.4, -0.2) is 25.8 Å². The van der Waals surface area contributed by atoms with E-state index in [-0.39, 0.29) is 15.7 Å². The first kappa shape index (κ1) is 11.7. The molecule has 8 heteroatoms. The topological polar surface area (TPSA) is 88.0 Å². The SMILES string of the molecule is O=C(O)c1nn(-c2c(Cl)cccc2Cl)c(=O)[nH]1. The number of H-pyrrole nitrogens is 1. The maximum atomic E-state index is 11.5. The third kappa shape index (κ3) is 2.04. The highest BCUT2D eigenvalue weighted by Crippen LogP contribution is 2.26. The van der Waals surface area contributed by atoms with E-state index >= 15 is 0 Å². The molecular formula is C9H5Cl2N3O3. The highest BCUT2D eigenvalue weighted by molar-refractivity contribution is 6.37. The Morgan fingerprint density at radius 3 is 2.41 bits per heavy atom. The van der Waals surface area contributed by atoms with Crippen molar-refractivity contribution < 1.29 is 9.90 Å². The lowest BCUT2D eigenvalue weighted by Crippen LogP contribution is -2.16. The van der Waals surface area contributed by atoms with Crippen molar-refractivity contribution in [1.82, 2.24) is 14.8 Å². The molecule has 1 aromatic heterocycles. The van der Waals surface area contributed by atoms with E-state index in [1.807, 2.05) is 0 Å². The molecule has 0 radical (unpaired) electrons. The van der Waals surface area contributed by atoms with Gasteiger partial charge in [-0.2, -0.15) is 4.68 Å². The zero-order valence-electron chi connectivity index (χ0n) is 8.15. The van der Waals surface area contributed by atoms with Crippen LogP contribution in [0.3, 0.4) is 0 Å². The molecule has 0 aliphatic heterocycles. The molecule has 0 spiro atoms. The van der Waals surface area contributed by atoms with Crippen molar-refractivity contribution in [2.45, 2.75) is 0 Å². The van der Waals surface area contributed by atoms with Gasteiger partial charge in [-0.1, -0.05) is 29.3 Å². The first-order valence-corrected chi connectivity index (χ1v) is 5.13. The number of carbonyl (C=O) groups is 1. The average molecular weight is 274 g/mol. The van der Waals surface area contributed by atoms with Crippen LogP contribution in [0.25, 0.3) is 5.69 Å². The molecule has 1 aromatic carbocycles. The van der Waals surface area contributed by atoms with E-state index in [0.717, 1.165) is 4.68 Å². The predicted molar refractivity (Wildman–Crippen MR) is 61.2 cm³/mol. The standard InChI is InChI=1S/C9H5Cl2N3O3/c10-4-2-1-3-5(11)6(4)14-9(17)12-7(13-14)8(15)16/h1-3H,(H,15,16)(H,12,13,17). The molecule has 0 unspecified atom stereocenters. The van der Waals surface area contributed by atoms with Gasteiger partial charge in [0.1, 0.15) is 5.69 Å². The molecule has 0 atom stereocenters. The van der Waals surface area contributed by atoms with E-state index in [1.165, 1.54) is 12.1 Å². The summed E-state index contributed by atoms with van der Waals surface area (Å²) in [5.74, 6) is -1.82. The summed E-state index contributed by atoms with van der Waals surface area (Å²) in [4.78, 5) is 24.2. The number of halogens is 2. The molecular weight excluding hydrogens is 269 g/mol. The summed E-state index contributed by atoms with van der Waals surface area (Å²) >= 11 is 11.8. The van der Waals surface area contributed by atoms with Gasteiger partial charge in [0.2, 0.25) is 5.82 Å². The third-order valence-electron chi connectivity index (χ3n) is 1.97. The van der Waals surface area contributed by atoms with Crippen LogP contribution in [0.4, 0.5) is 0 Å². The highest BCUT2D eigenvalue weighted by atomic mass is 35.5. The molecule has 2 aromatic rings. The van der Waals surface area contributed by atoms with Gasteiger partial charge in [-0.25, -0.2) is 9.59 Å². The number of hydrogen-bond donors (Lipinski definition) is 2. The van der Waals surface area contributed by atoms with E-state index < -0.39 is 17.5 Å². The van der Waals surface area contributed by atoms with E-state index in [0.29, 0.717) is 0 Å². The molecule has 0 aliphatic carbocycles. The van der Waals surface area contributed by atoms with Crippen LogP contribution in [0, 0.1) is 0 Å². The van der Waals surface area contributed by atoms with Crippen molar-refractivity contribution in [3.05, 3.63) is 44.6 Å². The summed E-state index contributed by atoms with van der Waals surface area (Å²) in [6.07, 6.45) is 0. The molecule has 17 heavy (non-hydrogen) atoms. The molecule has 6 nitrogen and oxygen atoms in total. The van der Waals surface area contributed by atoms with Gasteiger partial charge >= 0.3 is 11.7 Å². The third-order valence-corrected chi connectivity index (χ3v) is 2.58. The lowest BCUT2D eigenvalue weighted by Gasteiger charge is -2.04. The maximum absolute atomic E-state index is 11.5. The summed E-state index contributed by atoms with van der Waals surface area (Å²) in [5.41, 5.74) is -0.581. The summed E-state index contributed by atoms with van der Waals surface area (Å²) in [6, 6.07) is 4.64. The molecule has 0 saturated carbocycles. The Labute approximate surface area is 104 Å². The Morgan fingerprint density at radius 1 is 1.35 bits per heavy atom. The van der Waals surface area contributed by atoms with Crippen LogP contribution in [0.2, 0.25) is 10.0 Å². The Hall–Kier alpha value is -1.79. The molecule has 0 bridgehead atoms. The van der Waals surface area contributed by atoms with Crippen LogP contribution >= 0.6 is 23.2 Å². The first-order valence-electron chi connectivity index (χ1n) is 4.37. The minimum Gasteiger partial charge on any atom is -0.475 e. The fourth-order valence-corrected chi connectivity index (χ4v) is 1.82. The monoisotopic (exact) mass is 273 g/mol. The van der Waals surface area contributed by atoms with Crippen molar-refractivity contribution >= 4 is 29.2 Å². The fourth-order valence-electron chi connectivity index (χ4n) is 1.26. The average Bonchev–Trinajstić information content (AvgIpc) is 2.61. The number of hydrogen-bond acceptors (Lipinski definition) is 3. The molecule has 2 N–H and O–H groups in total. The summed E-state index contributed by atoms with van der Waals surface area (Å²) < 4.78 is 0.814. The van der Waals surface area contributed by atoms with Crippen LogP contribution in [0.15, 0.2) is 23.0 Å². The van der Waals surface area contributed by atoms with Crippen LogP contribution in [-0.2, 0) is 0 Å². The number of nitrogens with one attached hydrogen (secondary N) is 1. The number of nitrogens with zero attached hydrogens (tertiary/aromatic N) is 2. The fraction of sp³-hybridized carbons (Fsp3) is 0. The largest absolute Gasteiger partial charge is 0.475 e. The molecule has 0 amide bonds. The van der Waals surface area contributed by atoms with E-state index in [2.05, 4.69) is 10.1 Å². The number of carboxylic acids is 1. The second-order valence-electron chi connectivity index (χ2n) is 3.07. The first-order chi connectivity index (χ1) is 8.00. The maximum Gasteiger partial charge on any atom is 0.373 e. The quantitative estimate of drug-likeness (QED) is 0.869. The van der Waals surface area contributed by atoms with Crippen molar-refractivity contribution in [2.75, 3.05) is 0 Å². The smallest absolute Gasteiger partial charge is 0.373 e. The van der Waals surface area contributed by atoms with Crippen molar-refractivity contribution in [3.8, 4) is 5.69 Å². The van der Waals surface area contributed by atoms with Gasteiger partial charge in [-0.15, -0.1) is 5.10 Å². The predicted octanol–water partition coefficient (Wildman–Crippen LogP) is 1.57. The zero-order chi connectivity index (χ0) is 12.6. The Bertz CT molecular complexity index is 627. The number of carboxylic acid groups (broad SMARTS) is 1. The number of aromatic nitrogens is 3. The molecule has 1 heterocycles. The van der Waals surface area contributed by atoms with E-state index in [9.17, 15) is 9.59 Å². The van der Waals surface area contributed by atoms with Crippen LogP contribution < -0.4 is 5.69 Å². The normalized spacial score (nSPS) is 10.5.